The first-order valence-electron chi connectivity index (χ1n) is 4.44. The van der Waals surface area contributed by atoms with E-state index in [-0.39, 0.29) is 0 Å². The standard InChI is InChI=1S/C9H15BrN2O/c1-3-9(10)11-8(2)12-4-6-13-7-5-12/h3H,4-7H2,1-2H3/b9-3-,11-8+. The van der Waals surface area contributed by atoms with Crippen molar-refractivity contribution in [1.29, 1.82) is 0 Å². The van der Waals surface area contributed by atoms with Crippen LogP contribution in [0.5, 0.6) is 0 Å². The molecule has 0 atom stereocenters. The highest BCUT2D eigenvalue weighted by atomic mass is 79.9. The molecule has 4 heteroatoms. The highest BCUT2D eigenvalue weighted by Crippen LogP contribution is 2.08. The first-order valence-corrected chi connectivity index (χ1v) is 5.23. The number of aliphatic imine (C=N–C) groups is 1. The Hall–Kier alpha value is -0.350. The van der Waals surface area contributed by atoms with E-state index >= 15 is 0 Å². The molecule has 0 aliphatic carbocycles. The fourth-order valence-electron chi connectivity index (χ4n) is 1.18. The fraction of sp³-hybridized carbons (Fsp3) is 0.667. The van der Waals surface area contributed by atoms with Gasteiger partial charge >= 0.3 is 0 Å². The zero-order valence-corrected chi connectivity index (χ0v) is 9.67. The van der Waals surface area contributed by atoms with Crippen molar-refractivity contribution in [2.24, 2.45) is 4.99 Å². The first kappa shape index (κ1) is 10.7. The minimum atomic E-state index is 0.806. The molecule has 1 aliphatic heterocycles. The van der Waals surface area contributed by atoms with Crippen molar-refractivity contribution in [1.82, 2.24) is 4.90 Å². The van der Waals surface area contributed by atoms with Gasteiger partial charge in [-0.05, 0) is 29.8 Å². The van der Waals surface area contributed by atoms with Gasteiger partial charge in [0.1, 0.15) is 10.4 Å². The van der Waals surface area contributed by atoms with Crippen LogP contribution in [0.25, 0.3) is 0 Å². The lowest BCUT2D eigenvalue weighted by Gasteiger charge is -2.28. The first-order chi connectivity index (χ1) is 6.24. The summed E-state index contributed by atoms with van der Waals surface area (Å²) >= 11 is 3.36. The van der Waals surface area contributed by atoms with Gasteiger partial charge in [-0.15, -0.1) is 0 Å². The number of allylic oxidation sites excluding steroid dienone is 1. The zero-order valence-electron chi connectivity index (χ0n) is 8.09. The Morgan fingerprint density at radius 1 is 1.46 bits per heavy atom. The second-order valence-corrected chi connectivity index (χ2v) is 3.68. The molecule has 1 fully saturated rings. The number of ether oxygens (including phenoxy) is 1. The molecule has 0 spiro atoms. The molecule has 1 heterocycles. The van der Waals surface area contributed by atoms with E-state index in [2.05, 4.69) is 25.8 Å². The van der Waals surface area contributed by atoms with Gasteiger partial charge in [0.25, 0.3) is 0 Å². The Labute approximate surface area is 87.6 Å². The van der Waals surface area contributed by atoms with Gasteiger partial charge in [0.15, 0.2) is 0 Å². The summed E-state index contributed by atoms with van der Waals surface area (Å²) in [5, 5.41) is 0. The normalized spacial score (nSPS) is 20.7. The molecule has 74 valence electrons. The molecule has 0 saturated carbocycles. The maximum atomic E-state index is 5.26. The van der Waals surface area contributed by atoms with Crippen LogP contribution in [0.1, 0.15) is 13.8 Å². The number of nitrogens with zero attached hydrogens (tertiary/aromatic N) is 2. The van der Waals surface area contributed by atoms with Gasteiger partial charge in [0, 0.05) is 13.1 Å². The van der Waals surface area contributed by atoms with Crippen molar-refractivity contribution >= 4 is 21.8 Å². The average molecular weight is 247 g/mol. The lowest BCUT2D eigenvalue weighted by atomic mass is 10.4. The average Bonchev–Trinajstić information content (AvgIpc) is 2.19. The number of rotatable bonds is 1. The molecule has 1 rings (SSSR count). The van der Waals surface area contributed by atoms with Gasteiger partial charge in [-0.1, -0.05) is 6.08 Å². The molecular formula is C9H15BrN2O. The van der Waals surface area contributed by atoms with Crippen LogP contribution in [0.4, 0.5) is 0 Å². The zero-order chi connectivity index (χ0) is 9.68. The number of morpholine rings is 1. The predicted molar refractivity (Wildman–Crippen MR) is 58.2 cm³/mol. The minimum Gasteiger partial charge on any atom is -0.378 e. The summed E-state index contributed by atoms with van der Waals surface area (Å²) in [7, 11) is 0. The van der Waals surface area contributed by atoms with Gasteiger partial charge in [0.2, 0.25) is 0 Å². The Bertz CT molecular complexity index is 220. The van der Waals surface area contributed by atoms with Crippen LogP contribution in [0.3, 0.4) is 0 Å². The van der Waals surface area contributed by atoms with Gasteiger partial charge in [-0.25, -0.2) is 4.99 Å². The van der Waals surface area contributed by atoms with E-state index in [0.717, 1.165) is 36.7 Å². The van der Waals surface area contributed by atoms with Crippen molar-refractivity contribution in [3.05, 3.63) is 10.7 Å². The van der Waals surface area contributed by atoms with Crippen molar-refractivity contribution in [3.63, 3.8) is 0 Å². The van der Waals surface area contributed by atoms with Crippen molar-refractivity contribution in [3.8, 4) is 0 Å². The van der Waals surface area contributed by atoms with Crippen LogP contribution in [-0.4, -0.2) is 37.0 Å². The number of hydrogen-bond donors (Lipinski definition) is 0. The molecule has 13 heavy (non-hydrogen) atoms. The van der Waals surface area contributed by atoms with Crippen molar-refractivity contribution in [2.45, 2.75) is 13.8 Å². The third-order valence-corrected chi connectivity index (χ3v) is 2.61. The lowest BCUT2D eigenvalue weighted by Crippen LogP contribution is -2.39. The van der Waals surface area contributed by atoms with Crippen LogP contribution in [0.2, 0.25) is 0 Å². The second-order valence-electron chi connectivity index (χ2n) is 2.87. The number of halogens is 1. The van der Waals surface area contributed by atoms with Gasteiger partial charge < -0.3 is 9.64 Å². The molecule has 0 aromatic heterocycles. The largest absolute Gasteiger partial charge is 0.378 e. The Kier molecular flexibility index (Phi) is 4.45. The molecule has 1 saturated heterocycles. The van der Waals surface area contributed by atoms with E-state index in [1.54, 1.807) is 0 Å². The Morgan fingerprint density at radius 3 is 2.62 bits per heavy atom. The predicted octanol–water partition coefficient (Wildman–Crippen LogP) is 1.99. The van der Waals surface area contributed by atoms with Crippen molar-refractivity contribution in [2.75, 3.05) is 26.3 Å². The maximum absolute atomic E-state index is 5.26. The van der Waals surface area contributed by atoms with Crippen LogP contribution >= 0.6 is 15.9 Å². The molecule has 0 N–H and O–H groups in total. The molecule has 0 amide bonds. The summed E-state index contributed by atoms with van der Waals surface area (Å²) in [6, 6.07) is 0. The molecular weight excluding hydrogens is 232 g/mol. The summed E-state index contributed by atoms with van der Waals surface area (Å²) in [5.41, 5.74) is 0. The lowest BCUT2D eigenvalue weighted by molar-refractivity contribution is 0.0678. The third kappa shape index (κ3) is 3.48. The van der Waals surface area contributed by atoms with E-state index < -0.39 is 0 Å². The minimum absolute atomic E-state index is 0.806. The summed E-state index contributed by atoms with van der Waals surface area (Å²) in [6.45, 7) is 7.48. The fourth-order valence-corrected chi connectivity index (χ4v) is 1.43. The SMILES string of the molecule is C/C=C(Br)\N=C(/C)N1CCOCC1. The molecule has 0 aromatic rings. The highest BCUT2D eigenvalue weighted by Gasteiger charge is 2.10. The third-order valence-electron chi connectivity index (χ3n) is 1.98. The quantitative estimate of drug-likeness (QED) is 0.402. The monoisotopic (exact) mass is 246 g/mol. The summed E-state index contributed by atoms with van der Waals surface area (Å²) in [5.74, 6) is 1.05. The Morgan fingerprint density at radius 2 is 2.08 bits per heavy atom. The molecule has 1 aliphatic rings. The van der Waals surface area contributed by atoms with Gasteiger partial charge in [-0.2, -0.15) is 0 Å². The second kappa shape index (κ2) is 5.40. The molecule has 0 unspecified atom stereocenters. The topological polar surface area (TPSA) is 24.8 Å². The molecule has 0 bridgehead atoms. The number of amidine groups is 1. The smallest absolute Gasteiger partial charge is 0.103 e. The Balaban J connectivity index is 2.54. The van der Waals surface area contributed by atoms with Gasteiger partial charge in [0.05, 0.1) is 13.2 Å². The van der Waals surface area contributed by atoms with Crippen molar-refractivity contribution < 1.29 is 4.74 Å². The van der Waals surface area contributed by atoms with E-state index in [0.29, 0.717) is 0 Å². The summed E-state index contributed by atoms with van der Waals surface area (Å²) < 4.78 is 6.14. The molecule has 0 radical (unpaired) electrons. The number of hydrogen-bond acceptors (Lipinski definition) is 2. The van der Waals surface area contributed by atoms with Crippen LogP contribution in [-0.2, 0) is 4.74 Å². The maximum Gasteiger partial charge on any atom is 0.103 e. The summed E-state index contributed by atoms with van der Waals surface area (Å²) in [4.78, 5) is 6.61. The van der Waals surface area contributed by atoms with Crippen LogP contribution < -0.4 is 0 Å². The van der Waals surface area contributed by atoms with Gasteiger partial charge in [-0.3, -0.25) is 0 Å². The molecule has 0 aromatic carbocycles. The van der Waals surface area contributed by atoms with E-state index in [4.69, 9.17) is 4.74 Å². The van der Waals surface area contributed by atoms with E-state index in [1.165, 1.54) is 0 Å². The summed E-state index contributed by atoms with van der Waals surface area (Å²) in [6.07, 6.45) is 1.93. The van der Waals surface area contributed by atoms with Crippen LogP contribution in [0, 0.1) is 0 Å². The highest BCUT2D eigenvalue weighted by molar-refractivity contribution is 9.11. The van der Waals surface area contributed by atoms with E-state index in [9.17, 15) is 0 Å². The molecule has 3 nitrogen and oxygen atoms in total. The van der Waals surface area contributed by atoms with E-state index in [1.807, 2.05) is 19.9 Å². The van der Waals surface area contributed by atoms with Crippen LogP contribution in [0.15, 0.2) is 15.7 Å².